The highest BCUT2D eigenvalue weighted by atomic mass is 79.9. The van der Waals surface area contributed by atoms with Crippen molar-refractivity contribution in [2.75, 3.05) is 11.5 Å². The molecule has 0 saturated carbocycles. The van der Waals surface area contributed by atoms with Crippen molar-refractivity contribution in [1.82, 2.24) is 9.97 Å². The Bertz CT molecular complexity index is 923. The van der Waals surface area contributed by atoms with E-state index in [9.17, 15) is 0 Å². The first-order valence-corrected chi connectivity index (χ1v) is 7.82. The Labute approximate surface area is 142 Å². The van der Waals surface area contributed by atoms with E-state index in [0.717, 1.165) is 37.4 Å². The van der Waals surface area contributed by atoms with Gasteiger partial charge in [0.1, 0.15) is 0 Å². The van der Waals surface area contributed by atoms with Crippen LogP contribution in [0.4, 0.5) is 11.4 Å². The third-order valence-electron chi connectivity index (χ3n) is 3.51. The highest BCUT2D eigenvalue weighted by Gasteiger charge is 2.00. The summed E-state index contributed by atoms with van der Waals surface area (Å²) in [5.74, 6) is 0. The van der Waals surface area contributed by atoms with E-state index >= 15 is 0 Å². The van der Waals surface area contributed by atoms with Gasteiger partial charge in [0.2, 0.25) is 0 Å². The Hall–Kier alpha value is -2.66. The van der Waals surface area contributed by atoms with Gasteiger partial charge in [-0.3, -0.25) is 9.97 Å². The molecule has 0 bridgehead atoms. The molecule has 4 aromatic rings. The van der Waals surface area contributed by atoms with E-state index in [0.29, 0.717) is 0 Å². The monoisotopic (exact) mass is 366 g/mol. The van der Waals surface area contributed by atoms with E-state index in [1.165, 1.54) is 0 Å². The van der Waals surface area contributed by atoms with E-state index < -0.39 is 0 Å². The predicted octanol–water partition coefficient (Wildman–Crippen LogP) is 4.40. The first kappa shape index (κ1) is 15.2. The second-order valence-corrected chi connectivity index (χ2v) is 5.86. The average Bonchev–Trinajstić information content (AvgIpc) is 2.60. The molecule has 0 atom stereocenters. The van der Waals surface area contributed by atoms with Gasteiger partial charge < -0.3 is 11.5 Å². The molecular weight excluding hydrogens is 352 g/mol. The van der Waals surface area contributed by atoms with Gasteiger partial charge in [0.05, 0.1) is 0 Å². The molecule has 4 N–H and O–H groups in total. The highest BCUT2D eigenvalue weighted by Crippen LogP contribution is 2.27. The van der Waals surface area contributed by atoms with E-state index in [1.807, 2.05) is 48.7 Å². The van der Waals surface area contributed by atoms with Crippen LogP contribution in [0.15, 0.2) is 71.7 Å². The topological polar surface area (TPSA) is 77.8 Å². The van der Waals surface area contributed by atoms with Gasteiger partial charge in [-0.25, -0.2) is 0 Å². The van der Waals surface area contributed by atoms with Crippen LogP contribution in [0.3, 0.4) is 0 Å². The zero-order chi connectivity index (χ0) is 16.2. The highest BCUT2D eigenvalue weighted by molar-refractivity contribution is 9.10. The van der Waals surface area contributed by atoms with Gasteiger partial charge in [0.25, 0.3) is 0 Å². The predicted molar refractivity (Wildman–Crippen MR) is 100 cm³/mol. The quantitative estimate of drug-likeness (QED) is 0.452. The lowest BCUT2D eigenvalue weighted by molar-refractivity contribution is 1.36. The molecule has 2 heterocycles. The smallest absolute Gasteiger partial charge is 0.0395 e. The van der Waals surface area contributed by atoms with Crippen molar-refractivity contribution in [2.24, 2.45) is 0 Å². The Morgan fingerprint density at radius 1 is 0.696 bits per heavy atom. The number of anilines is 2. The average molecular weight is 367 g/mol. The number of rotatable bonds is 0. The Kier molecular flexibility index (Phi) is 4.39. The fraction of sp³-hybridized carbons (Fsp3) is 0. The standard InChI is InChI=1S/C9H7BrN2.C9H8N2/c10-8-1-2-9(11)6-3-4-12-5-7(6)8;10-9-3-1-2-7-6-11-5-4-8(7)9/h1-5H,11H2;1-6H,10H2. The van der Waals surface area contributed by atoms with Crippen LogP contribution in [0.2, 0.25) is 0 Å². The third kappa shape index (κ3) is 3.24. The number of hydrogen-bond donors (Lipinski definition) is 2. The number of hydrogen-bond acceptors (Lipinski definition) is 4. The summed E-state index contributed by atoms with van der Waals surface area (Å²) in [4.78, 5) is 8.03. The molecule has 4 nitrogen and oxygen atoms in total. The van der Waals surface area contributed by atoms with Crippen molar-refractivity contribution < 1.29 is 0 Å². The van der Waals surface area contributed by atoms with E-state index in [1.54, 1.807) is 18.6 Å². The first-order chi connectivity index (χ1) is 11.2. The molecule has 0 aliphatic rings. The molecule has 2 aromatic carbocycles. The van der Waals surface area contributed by atoms with Crippen molar-refractivity contribution in [3.8, 4) is 0 Å². The molecule has 5 heteroatoms. The molecule has 0 aliphatic carbocycles. The third-order valence-corrected chi connectivity index (χ3v) is 4.20. The molecule has 0 saturated heterocycles. The molecule has 2 aromatic heterocycles. The Morgan fingerprint density at radius 3 is 2.13 bits per heavy atom. The van der Waals surface area contributed by atoms with Crippen molar-refractivity contribution in [3.05, 3.63) is 71.7 Å². The molecule has 0 unspecified atom stereocenters. The molecule has 114 valence electrons. The number of nitrogens with zero attached hydrogens (tertiary/aromatic N) is 2. The molecule has 0 spiro atoms. The van der Waals surface area contributed by atoms with Gasteiger partial charge in [0.15, 0.2) is 0 Å². The summed E-state index contributed by atoms with van der Waals surface area (Å²) in [6, 6.07) is 13.5. The van der Waals surface area contributed by atoms with Crippen LogP contribution in [0, 0.1) is 0 Å². The summed E-state index contributed by atoms with van der Waals surface area (Å²) in [5.41, 5.74) is 13.1. The van der Waals surface area contributed by atoms with Gasteiger partial charge in [-0.05, 0) is 30.3 Å². The maximum atomic E-state index is 5.78. The second-order valence-electron chi connectivity index (χ2n) is 5.00. The van der Waals surface area contributed by atoms with Crippen molar-refractivity contribution >= 4 is 48.8 Å². The number of halogens is 1. The zero-order valence-electron chi connectivity index (χ0n) is 12.3. The van der Waals surface area contributed by atoms with Gasteiger partial charge >= 0.3 is 0 Å². The number of aromatic nitrogens is 2. The van der Waals surface area contributed by atoms with Crippen LogP contribution in [0.5, 0.6) is 0 Å². The lowest BCUT2D eigenvalue weighted by atomic mass is 10.1. The Morgan fingerprint density at radius 2 is 1.39 bits per heavy atom. The number of pyridine rings is 2. The summed E-state index contributed by atoms with van der Waals surface area (Å²) in [6.45, 7) is 0. The summed E-state index contributed by atoms with van der Waals surface area (Å²) >= 11 is 3.44. The van der Waals surface area contributed by atoms with Crippen LogP contribution >= 0.6 is 15.9 Å². The lowest BCUT2D eigenvalue weighted by Gasteiger charge is -2.01. The number of nitrogen functional groups attached to an aromatic ring is 2. The maximum absolute atomic E-state index is 5.78. The minimum absolute atomic E-state index is 0.788. The number of nitrogens with two attached hydrogens (primary N) is 2. The van der Waals surface area contributed by atoms with Crippen LogP contribution in [0.1, 0.15) is 0 Å². The molecular formula is C18H15BrN4. The van der Waals surface area contributed by atoms with Crippen LogP contribution < -0.4 is 11.5 Å². The normalized spacial score (nSPS) is 10.3. The van der Waals surface area contributed by atoms with Crippen LogP contribution in [-0.4, -0.2) is 9.97 Å². The van der Waals surface area contributed by atoms with Crippen LogP contribution in [0.25, 0.3) is 21.5 Å². The molecule has 0 amide bonds. The van der Waals surface area contributed by atoms with Gasteiger partial charge in [0, 0.05) is 62.2 Å². The Balaban J connectivity index is 0.000000136. The van der Waals surface area contributed by atoms with Crippen molar-refractivity contribution in [1.29, 1.82) is 0 Å². The first-order valence-electron chi connectivity index (χ1n) is 7.03. The minimum atomic E-state index is 0.788. The molecule has 23 heavy (non-hydrogen) atoms. The number of fused-ring (bicyclic) bond motifs is 2. The minimum Gasteiger partial charge on any atom is -0.398 e. The van der Waals surface area contributed by atoms with Gasteiger partial charge in [-0.2, -0.15) is 0 Å². The molecule has 0 fully saturated rings. The second kappa shape index (κ2) is 6.62. The summed E-state index contributed by atoms with van der Waals surface area (Å²) < 4.78 is 1.03. The maximum Gasteiger partial charge on any atom is 0.0395 e. The van der Waals surface area contributed by atoms with E-state index in [4.69, 9.17) is 11.5 Å². The van der Waals surface area contributed by atoms with Crippen molar-refractivity contribution in [3.63, 3.8) is 0 Å². The molecule has 4 rings (SSSR count). The van der Waals surface area contributed by atoms with E-state index in [2.05, 4.69) is 25.9 Å². The van der Waals surface area contributed by atoms with Gasteiger partial charge in [-0.1, -0.05) is 28.1 Å². The molecule has 0 aliphatic heterocycles. The summed E-state index contributed by atoms with van der Waals surface area (Å²) in [6.07, 6.45) is 7.10. The summed E-state index contributed by atoms with van der Waals surface area (Å²) in [5, 5.41) is 4.26. The molecule has 0 radical (unpaired) electrons. The lowest BCUT2D eigenvalue weighted by Crippen LogP contribution is -1.87. The fourth-order valence-electron chi connectivity index (χ4n) is 2.33. The largest absolute Gasteiger partial charge is 0.398 e. The SMILES string of the molecule is Nc1ccc(Br)c2cnccc12.Nc1cccc2cnccc12. The summed E-state index contributed by atoms with van der Waals surface area (Å²) in [7, 11) is 0. The number of benzene rings is 2. The van der Waals surface area contributed by atoms with Crippen LogP contribution in [-0.2, 0) is 0 Å². The fourth-order valence-corrected chi connectivity index (χ4v) is 2.77. The van der Waals surface area contributed by atoms with Crippen molar-refractivity contribution in [2.45, 2.75) is 0 Å². The van der Waals surface area contributed by atoms with E-state index in [-0.39, 0.29) is 0 Å². The van der Waals surface area contributed by atoms with Gasteiger partial charge in [-0.15, -0.1) is 0 Å². The zero-order valence-corrected chi connectivity index (χ0v) is 13.9.